The highest BCUT2D eigenvalue weighted by molar-refractivity contribution is 5.90. The first-order valence-corrected chi connectivity index (χ1v) is 4.01. The predicted octanol–water partition coefficient (Wildman–Crippen LogP) is 1.16. The van der Waals surface area contributed by atoms with E-state index < -0.39 is 0 Å². The fourth-order valence-electron chi connectivity index (χ4n) is 0.936. The number of rotatable bonds is 3. The van der Waals surface area contributed by atoms with Gasteiger partial charge in [-0.15, -0.1) is 0 Å². The lowest BCUT2D eigenvalue weighted by Crippen LogP contribution is -2.09. The van der Waals surface area contributed by atoms with Crippen LogP contribution in [0.4, 0.5) is 5.69 Å². The van der Waals surface area contributed by atoms with E-state index in [1.807, 2.05) is 14.0 Å². The molecule has 0 bridgehead atoms. The van der Waals surface area contributed by atoms with Crippen molar-refractivity contribution in [3.05, 3.63) is 12.4 Å². The summed E-state index contributed by atoms with van der Waals surface area (Å²) in [5, 5.41) is 6.67. The molecule has 4 nitrogen and oxygen atoms in total. The quantitative estimate of drug-likeness (QED) is 0.734. The van der Waals surface area contributed by atoms with Crippen LogP contribution in [0.25, 0.3) is 0 Å². The molecule has 1 N–H and O–H groups in total. The Hall–Kier alpha value is -1.32. The summed E-state index contributed by atoms with van der Waals surface area (Å²) in [6, 6.07) is 0. The molecule has 1 amide bonds. The number of anilines is 1. The average Bonchev–Trinajstić information content (AvgIpc) is 2.36. The molecule has 0 radical (unpaired) electrons. The number of aromatic nitrogens is 2. The van der Waals surface area contributed by atoms with Gasteiger partial charge in [0.15, 0.2) is 0 Å². The lowest BCUT2D eigenvalue weighted by Gasteiger charge is -1.98. The molecule has 0 saturated carbocycles. The van der Waals surface area contributed by atoms with Crippen molar-refractivity contribution in [2.24, 2.45) is 7.05 Å². The molecule has 1 rings (SSSR count). The van der Waals surface area contributed by atoms with E-state index in [0.29, 0.717) is 6.42 Å². The molecule has 0 aliphatic heterocycles. The monoisotopic (exact) mass is 167 g/mol. The second kappa shape index (κ2) is 3.90. The van der Waals surface area contributed by atoms with E-state index in [1.54, 1.807) is 17.1 Å². The minimum Gasteiger partial charge on any atom is -0.323 e. The zero-order valence-electron chi connectivity index (χ0n) is 7.37. The molecule has 1 aromatic rings. The van der Waals surface area contributed by atoms with Crippen molar-refractivity contribution in [3.63, 3.8) is 0 Å². The minimum absolute atomic E-state index is 0.0468. The van der Waals surface area contributed by atoms with Gasteiger partial charge in [-0.05, 0) is 6.42 Å². The molecule has 0 atom stereocenters. The highest BCUT2D eigenvalue weighted by atomic mass is 16.1. The predicted molar refractivity (Wildman–Crippen MR) is 46.7 cm³/mol. The smallest absolute Gasteiger partial charge is 0.224 e. The van der Waals surface area contributed by atoms with Crippen LogP contribution in [0.3, 0.4) is 0 Å². The number of aryl methyl sites for hydroxylation is 1. The highest BCUT2D eigenvalue weighted by Gasteiger charge is 2.00. The SMILES string of the molecule is CCCC(=O)Nc1cnn(C)c1. The van der Waals surface area contributed by atoms with Gasteiger partial charge in [0.25, 0.3) is 0 Å². The van der Waals surface area contributed by atoms with Crippen molar-refractivity contribution >= 4 is 11.6 Å². The van der Waals surface area contributed by atoms with Crippen LogP contribution >= 0.6 is 0 Å². The summed E-state index contributed by atoms with van der Waals surface area (Å²) in [7, 11) is 1.81. The van der Waals surface area contributed by atoms with Gasteiger partial charge < -0.3 is 5.32 Å². The fourth-order valence-corrected chi connectivity index (χ4v) is 0.936. The summed E-state index contributed by atoms with van der Waals surface area (Å²) < 4.78 is 1.65. The van der Waals surface area contributed by atoms with Crippen molar-refractivity contribution in [1.29, 1.82) is 0 Å². The Morgan fingerprint density at radius 3 is 3.00 bits per heavy atom. The first kappa shape index (κ1) is 8.77. The molecule has 0 fully saturated rings. The highest BCUT2D eigenvalue weighted by Crippen LogP contribution is 2.04. The molecule has 0 unspecified atom stereocenters. The second-order valence-electron chi connectivity index (χ2n) is 2.70. The Morgan fingerprint density at radius 1 is 1.75 bits per heavy atom. The van der Waals surface area contributed by atoms with Crippen LogP contribution in [0.1, 0.15) is 19.8 Å². The molecule has 0 aliphatic carbocycles. The molecule has 0 spiro atoms. The van der Waals surface area contributed by atoms with Crippen LogP contribution in [0, 0.1) is 0 Å². The maximum absolute atomic E-state index is 11.1. The van der Waals surface area contributed by atoms with Crippen molar-refractivity contribution in [3.8, 4) is 0 Å². The van der Waals surface area contributed by atoms with Gasteiger partial charge in [0.1, 0.15) is 0 Å². The van der Waals surface area contributed by atoms with Crippen LogP contribution in [-0.4, -0.2) is 15.7 Å². The molecule has 12 heavy (non-hydrogen) atoms. The number of nitrogens with zero attached hydrogens (tertiary/aromatic N) is 2. The van der Waals surface area contributed by atoms with Crippen molar-refractivity contribution < 1.29 is 4.79 Å². The number of nitrogens with one attached hydrogen (secondary N) is 1. The molecule has 4 heteroatoms. The van der Waals surface area contributed by atoms with E-state index in [2.05, 4.69) is 10.4 Å². The average molecular weight is 167 g/mol. The van der Waals surface area contributed by atoms with E-state index >= 15 is 0 Å². The van der Waals surface area contributed by atoms with Gasteiger partial charge in [0.2, 0.25) is 5.91 Å². The van der Waals surface area contributed by atoms with Crippen molar-refractivity contribution in [2.75, 3.05) is 5.32 Å². The van der Waals surface area contributed by atoms with E-state index in [1.165, 1.54) is 0 Å². The molecule has 0 aromatic carbocycles. The third kappa shape index (κ3) is 2.38. The third-order valence-corrected chi connectivity index (χ3v) is 1.47. The normalized spacial score (nSPS) is 9.83. The van der Waals surface area contributed by atoms with Gasteiger partial charge in [0, 0.05) is 19.7 Å². The lowest BCUT2D eigenvalue weighted by molar-refractivity contribution is -0.116. The molecule has 1 heterocycles. The van der Waals surface area contributed by atoms with Gasteiger partial charge in [-0.3, -0.25) is 9.48 Å². The van der Waals surface area contributed by atoms with Crippen LogP contribution in [0.15, 0.2) is 12.4 Å². The Balaban J connectivity index is 2.46. The molecular formula is C8H13N3O. The van der Waals surface area contributed by atoms with Gasteiger partial charge >= 0.3 is 0 Å². The van der Waals surface area contributed by atoms with Crippen LogP contribution in [0.2, 0.25) is 0 Å². The van der Waals surface area contributed by atoms with Gasteiger partial charge in [-0.25, -0.2) is 0 Å². The number of hydrogen-bond donors (Lipinski definition) is 1. The maximum Gasteiger partial charge on any atom is 0.224 e. The van der Waals surface area contributed by atoms with Crippen molar-refractivity contribution in [1.82, 2.24) is 9.78 Å². The molecular weight excluding hydrogens is 154 g/mol. The molecule has 0 aliphatic rings. The summed E-state index contributed by atoms with van der Waals surface area (Å²) in [4.78, 5) is 11.1. The Morgan fingerprint density at radius 2 is 2.50 bits per heavy atom. The van der Waals surface area contributed by atoms with Crippen LogP contribution in [0.5, 0.6) is 0 Å². The lowest BCUT2D eigenvalue weighted by atomic mass is 10.3. The van der Waals surface area contributed by atoms with Crippen LogP contribution in [-0.2, 0) is 11.8 Å². The summed E-state index contributed by atoms with van der Waals surface area (Å²) in [6.45, 7) is 1.98. The summed E-state index contributed by atoms with van der Waals surface area (Å²) >= 11 is 0. The molecule has 66 valence electrons. The summed E-state index contributed by atoms with van der Waals surface area (Å²) in [5.74, 6) is 0.0468. The van der Waals surface area contributed by atoms with Crippen molar-refractivity contribution in [2.45, 2.75) is 19.8 Å². The van der Waals surface area contributed by atoms with E-state index in [0.717, 1.165) is 12.1 Å². The van der Waals surface area contributed by atoms with E-state index in [9.17, 15) is 4.79 Å². The van der Waals surface area contributed by atoms with Gasteiger partial charge in [-0.1, -0.05) is 6.92 Å². The Kier molecular flexibility index (Phi) is 2.85. The maximum atomic E-state index is 11.1. The van der Waals surface area contributed by atoms with Crippen LogP contribution < -0.4 is 5.32 Å². The topological polar surface area (TPSA) is 46.9 Å². The van der Waals surface area contributed by atoms with E-state index in [-0.39, 0.29) is 5.91 Å². The second-order valence-corrected chi connectivity index (χ2v) is 2.70. The number of carbonyl (C=O) groups excluding carboxylic acids is 1. The molecule has 1 aromatic heterocycles. The summed E-state index contributed by atoms with van der Waals surface area (Å²) in [5.41, 5.74) is 0.760. The Bertz CT molecular complexity index is 267. The first-order valence-electron chi connectivity index (χ1n) is 4.01. The number of hydrogen-bond acceptors (Lipinski definition) is 2. The number of carbonyl (C=O) groups is 1. The molecule has 0 saturated heterocycles. The fraction of sp³-hybridized carbons (Fsp3) is 0.500. The largest absolute Gasteiger partial charge is 0.323 e. The minimum atomic E-state index is 0.0468. The number of amides is 1. The van der Waals surface area contributed by atoms with E-state index in [4.69, 9.17) is 0 Å². The zero-order chi connectivity index (χ0) is 8.97. The zero-order valence-corrected chi connectivity index (χ0v) is 7.37. The third-order valence-electron chi connectivity index (χ3n) is 1.47. The van der Waals surface area contributed by atoms with Gasteiger partial charge in [-0.2, -0.15) is 5.10 Å². The first-order chi connectivity index (χ1) is 5.72. The summed E-state index contributed by atoms with van der Waals surface area (Å²) in [6.07, 6.45) is 4.84. The Labute approximate surface area is 71.6 Å². The standard InChI is InChI=1S/C8H13N3O/c1-3-4-8(12)10-7-5-9-11(2)6-7/h5-6H,3-4H2,1-2H3,(H,10,12). The van der Waals surface area contributed by atoms with Gasteiger partial charge in [0.05, 0.1) is 11.9 Å².